The summed E-state index contributed by atoms with van der Waals surface area (Å²) >= 11 is 0. The normalized spacial score (nSPS) is 11.3. The van der Waals surface area contributed by atoms with Crippen LogP contribution in [0.4, 0.5) is 18.0 Å². The maximum atomic E-state index is 10.6. The fraction of sp³-hybridized carbons (Fsp3) is 0.786. The zero-order valence-corrected chi connectivity index (χ0v) is 14.4. The Kier molecular flexibility index (Phi) is 15.4. The lowest BCUT2D eigenvalue weighted by Crippen LogP contribution is -2.31. The first-order valence-corrected chi connectivity index (χ1v) is 7.98. The predicted molar refractivity (Wildman–Crippen MR) is 89.1 cm³/mol. The molecule has 0 saturated heterocycles. The minimum absolute atomic E-state index is 0.439. The Morgan fingerprint density at radius 3 is 1.92 bits per heavy atom. The maximum Gasteiger partial charge on any atom is 0.490 e. The molecule has 0 aliphatic carbocycles. The number of halogens is 3. The SMILES string of the molecule is CCNC(N)=NCCCCCCCCNC(N)=O.O=C(O)C(F)(F)F. The first kappa shape index (κ1) is 25.0. The lowest BCUT2D eigenvalue weighted by atomic mass is 10.1. The van der Waals surface area contributed by atoms with Gasteiger partial charge in [0.15, 0.2) is 5.96 Å². The molecule has 0 unspecified atom stereocenters. The number of hydrogen-bond acceptors (Lipinski definition) is 3. The summed E-state index contributed by atoms with van der Waals surface area (Å²) in [7, 11) is 0. The number of primary amides is 1. The zero-order valence-electron chi connectivity index (χ0n) is 14.4. The minimum Gasteiger partial charge on any atom is -0.475 e. The van der Waals surface area contributed by atoms with Crippen LogP contribution in [0.5, 0.6) is 0 Å². The average Bonchev–Trinajstić information content (AvgIpc) is 2.48. The van der Waals surface area contributed by atoms with Crippen LogP contribution in [0.2, 0.25) is 0 Å². The van der Waals surface area contributed by atoms with Gasteiger partial charge in [-0.15, -0.1) is 0 Å². The molecule has 25 heavy (non-hydrogen) atoms. The fourth-order valence-electron chi connectivity index (χ4n) is 1.59. The summed E-state index contributed by atoms with van der Waals surface area (Å²) < 4.78 is 31.7. The molecule has 0 saturated carbocycles. The summed E-state index contributed by atoms with van der Waals surface area (Å²) in [5, 5.41) is 12.7. The Hall–Kier alpha value is -2.20. The van der Waals surface area contributed by atoms with E-state index in [1.807, 2.05) is 6.92 Å². The lowest BCUT2D eigenvalue weighted by Gasteiger charge is -2.03. The van der Waals surface area contributed by atoms with Crippen LogP contribution in [-0.4, -0.2) is 48.9 Å². The van der Waals surface area contributed by atoms with Crippen molar-refractivity contribution in [1.82, 2.24) is 10.6 Å². The fourth-order valence-corrected chi connectivity index (χ4v) is 1.59. The van der Waals surface area contributed by atoms with Gasteiger partial charge in [0.1, 0.15) is 0 Å². The van der Waals surface area contributed by atoms with Gasteiger partial charge < -0.3 is 27.2 Å². The highest BCUT2D eigenvalue weighted by molar-refractivity contribution is 5.77. The van der Waals surface area contributed by atoms with E-state index < -0.39 is 18.2 Å². The van der Waals surface area contributed by atoms with Crippen molar-refractivity contribution < 1.29 is 27.9 Å². The van der Waals surface area contributed by atoms with E-state index in [1.165, 1.54) is 19.3 Å². The van der Waals surface area contributed by atoms with Gasteiger partial charge in [-0.05, 0) is 19.8 Å². The second-order valence-corrected chi connectivity index (χ2v) is 5.01. The van der Waals surface area contributed by atoms with Crippen molar-refractivity contribution in [2.45, 2.75) is 51.6 Å². The Bertz CT molecular complexity index is 404. The molecule has 0 aromatic heterocycles. The molecular formula is C14H28F3N5O3. The molecule has 0 atom stereocenters. The molecule has 0 bridgehead atoms. The molecule has 0 radical (unpaired) electrons. The molecule has 0 aromatic rings. The summed E-state index contributed by atoms with van der Waals surface area (Å²) in [6.07, 6.45) is 1.68. The lowest BCUT2D eigenvalue weighted by molar-refractivity contribution is -0.192. The Morgan fingerprint density at radius 1 is 1.00 bits per heavy atom. The molecule has 2 amide bonds. The van der Waals surface area contributed by atoms with Crippen LogP contribution < -0.4 is 22.1 Å². The van der Waals surface area contributed by atoms with Gasteiger partial charge in [-0.3, -0.25) is 4.99 Å². The van der Waals surface area contributed by atoms with Crippen LogP contribution in [-0.2, 0) is 4.79 Å². The van der Waals surface area contributed by atoms with Gasteiger partial charge in [-0.1, -0.05) is 25.7 Å². The smallest absolute Gasteiger partial charge is 0.475 e. The van der Waals surface area contributed by atoms with E-state index in [9.17, 15) is 18.0 Å². The van der Waals surface area contributed by atoms with Gasteiger partial charge in [-0.25, -0.2) is 9.59 Å². The van der Waals surface area contributed by atoms with Crippen LogP contribution in [0.1, 0.15) is 45.4 Å². The number of guanidine groups is 1. The van der Waals surface area contributed by atoms with Gasteiger partial charge in [-0.2, -0.15) is 13.2 Å². The zero-order chi connectivity index (χ0) is 19.7. The molecule has 11 heteroatoms. The number of carboxylic acids is 1. The number of unbranched alkanes of at least 4 members (excludes halogenated alkanes) is 5. The number of aliphatic carboxylic acids is 1. The number of amides is 2. The largest absolute Gasteiger partial charge is 0.490 e. The number of urea groups is 1. The molecular weight excluding hydrogens is 343 g/mol. The number of hydrogen-bond donors (Lipinski definition) is 5. The quantitative estimate of drug-likeness (QED) is 0.225. The second kappa shape index (κ2) is 15.3. The van der Waals surface area contributed by atoms with Gasteiger partial charge >= 0.3 is 18.2 Å². The minimum atomic E-state index is -5.08. The third-order valence-electron chi connectivity index (χ3n) is 2.77. The van der Waals surface area contributed by atoms with Crippen LogP contribution in [0, 0.1) is 0 Å². The summed E-state index contributed by atoms with van der Waals surface area (Å²) in [5.74, 6) is -2.22. The van der Waals surface area contributed by atoms with Crippen molar-refractivity contribution in [3.05, 3.63) is 0 Å². The van der Waals surface area contributed by atoms with Crippen molar-refractivity contribution in [3.8, 4) is 0 Å². The van der Waals surface area contributed by atoms with Gasteiger partial charge in [0.05, 0.1) is 0 Å². The molecule has 0 rings (SSSR count). The molecule has 0 fully saturated rings. The van der Waals surface area contributed by atoms with Crippen molar-refractivity contribution >= 4 is 18.0 Å². The number of alkyl halides is 3. The molecule has 7 N–H and O–H groups in total. The van der Waals surface area contributed by atoms with Crippen molar-refractivity contribution in [2.24, 2.45) is 16.5 Å². The van der Waals surface area contributed by atoms with Crippen molar-refractivity contribution in [3.63, 3.8) is 0 Å². The average molecular weight is 371 g/mol. The standard InChI is InChI=1S/C12H27N5O.C2HF3O2/c1-2-15-11(13)16-9-7-5-3-4-6-8-10-17-12(14)18;3-2(4,5)1(6)7/h2-10H2,1H3,(H3,13,15,16)(H3,14,17,18);(H,6,7). The Balaban J connectivity index is 0. The summed E-state index contributed by atoms with van der Waals surface area (Å²) in [6, 6.07) is -0.439. The first-order chi connectivity index (χ1) is 11.6. The van der Waals surface area contributed by atoms with Crippen LogP contribution in [0.25, 0.3) is 0 Å². The topological polar surface area (TPSA) is 143 Å². The highest BCUT2D eigenvalue weighted by Crippen LogP contribution is 2.13. The number of aliphatic imine (C=N–C) groups is 1. The number of nitrogens with one attached hydrogen (secondary N) is 2. The molecule has 8 nitrogen and oxygen atoms in total. The third kappa shape index (κ3) is 21.8. The number of carbonyl (C=O) groups excluding carboxylic acids is 1. The van der Waals surface area contributed by atoms with E-state index in [4.69, 9.17) is 21.4 Å². The van der Waals surface area contributed by atoms with Gasteiger partial charge in [0.2, 0.25) is 0 Å². The number of carboxylic acid groups (broad SMARTS) is 1. The molecule has 0 aliphatic rings. The summed E-state index contributed by atoms with van der Waals surface area (Å²) in [5.41, 5.74) is 10.6. The second-order valence-electron chi connectivity index (χ2n) is 5.01. The Labute approximate surface area is 145 Å². The highest BCUT2D eigenvalue weighted by Gasteiger charge is 2.38. The van der Waals surface area contributed by atoms with E-state index >= 15 is 0 Å². The summed E-state index contributed by atoms with van der Waals surface area (Å²) in [4.78, 5) is 23.5. The van der Waals surface area contributed by atoms with E-state index in [1.54, 1.807) is 0 Å². The number of nitrogens with two attached hydrogens (primary N) is 2. The molecule has 0 aliphatic heterocycles. The van der Waals surface area contributed by atoms with Crippen LogP contribution in [0.3, 0.4) is 0 Å². The predicted octanol–water partition coefficient (Wildman–Crippen LogP) is 1.55. The number of rotatable bonds is 10. The highest BCUT2D eigenvalue weighted by atomic mass is 19.4. The van der Waals surface area contributed by atoms with Crippen molar-refractivity contribution in [1.29, 1.82) is 0 Å². The third-order valence-corrected chi connectivity index (χ3v) is 2.77. The molecule has 148 valence electrons. The van der Waals surface area contributed by atoms with Crippen molar-refractivity contribution in [2.75, 3.05) is 19.6 Å². The van der Waals surface area contributed by atoms with E-state index in [0.29, 0.717) is 12.5 Å². The molecule has 0 heterocycles. The summed E-state index contributed by atoms with van der Waals surface area (Å²) in [6.45, 7) is 4.28. The monoisotopic (exact) mass is 371 g/mol. The Morgan fingerprint density at radius 2 is 1.48 bits per heavy atom. The van der Waals surface area contributed by atoms with Gasteiger partial charge in [0.25, 0.3) is 0 Å². The molecule has 0 spiro atoms. The van der Waals surface area contributed by atoms with E-state index in [-0.39, 0.29) is 0 Å². The maximum absolute atomic E-state index is 10.6. The number of nitrogens with zero attached hydrogens (tertiary/aromatic N) is 1. The van der Waals surface area contributed by atoms with Crippen LogP contribution in [0.15, 0.2) is 4.99 Å². The number of carbonyl (C=O) groups is 2. The van der Waals surface area contributed by atoms with Crippen LogP contribution >= 0.6 is 0 Å². The van der Waals surface area contributed by atoms with Gasteiger partial charge in [0, 0.05) is 19.6 Å². The first-order valence-electron chi connectivity index (χ1n) is 7.98. The van der Waals surface area contributed by atoms with E-state index in [2.05, 4.69) is 15.6 Å². The molecule has 0 aromatic carbocycles. The van der Waals surface area contributed by atoms with E-state index in [0.717, 1.165) is 32.4 Å².